The predicted octanol–water partition coefficient (Wildman–Crippen LogP) is 3.63. The van der Waals surface area contributed by atoms with Crippen molar-refractivity contribution in [2.45, 2.75) is 34.2 Å². The molecular formula is C19H22N4. The largest absolute Gasteiger partial charge is 0.325 e. The summed E-state index contributed by atoms with van der Waals surface area (Å²) in [4.78, 5) is 0. The third-order valence-corrected chi connectivity index (χ3v) is 4.45. The molecule has 3 aromatic rings. The van der Waals surface area contributed by atoms with Gasteiger partial charge in [0.15, 0.2) is 0 Å². The molecule has 0 atom stereocenters. The third-order valence-electron chi connectivity index (χ3n) is 4.45. The van der Waals surface area contributed by atoms with Crippen LogP contribution in [0, 0.1) is 27.7 Å². The molecule has 0 aliphatic carbocycles. The Labute approximate surface area is 137 Å². The summed E-state index contributed by atoms with van der Waals surface area (Å²) < 4.78 is 1.89. The van der Waals surface area contributed by atoms with E-state index in [1.165, 1.54) is 22.3 Å². The smallest absolute Gasteiger partial charge is 0.105 e. The molecule has 0 radical (unpaired) electrons. The van der Waals surface area contributed by atoms with Gasteiger partial charge in [0.2, 0.25) is 0 Å². The maximum atomic E-state index is 5.89. The number of nitrogens with zero attached hydrogens (tertiary/aromatic N) is 3. The topological polar surface area (TPSA) is 56.7 Å². The molecule has 1 heterocycles. The number of hydrogen-bond donors (Lipinski definition) is 1. The molecule has 0 fully saturated rings. The summed E-state index contributed by atoms with van der Waals surface area (Å²) in [5, 5.41) is 8.62. The van der Waals surface area contributed by atoms with Crippen LogP contribution in [0.3, 0.4) is 0 Å². The summed E-state index contributed by atoms with van der Waals surface area (Å²) in [5.41, 5.74) is 14.8. The van der Waals surface area contributed by atoms with Crippen LogP contribution in [0.5, 0.6) is 0 Å². The molecule has 1 aromatic heterocycles. The monoisotopic (exact) mass is 306 g/mol. The highest BCUT2D eigenvalue weighted by Gasteiger charge is 2.16. The van der Waals surface area contributed by atoms with Crippen molar-refractivity contribution in [1.29, 1.82) is 0 Å². The van der Waals surface area contributed by atoms with Gasteiger partial charge in [-0.3, -0.25) is 0 Å². The lowest BCUT2D eigenvalue weighted by Gasteiger charge is -2.11. The summed E-state index contributed by atoms with van der Waals surface area (Å²) in [7, 11) is 0. The first kappa shape index (κ1) is 15.4. The predicted molar refractivity (Wildman–Crippen MR) is 93.6 cm³/mol. The van der Waals surface area contributed by atoms with Crippen LogP contribution in [0.15, 0.2) is 36.4 Å². The molecule has 23 heavy (non-hydrogen) atoms. The summed E-state index contributed by atoms with van der Waals surface area (Å²) >= 11 is 0. The molecule has 4 nitrogen and oxygen atoms in total. The minimum Gasteiger partial charge on any atom is -0.325 e. The van der Waals surface area contributed by atoms with Gasteiger partial charge >= 0.3 is 0 Å². The maximum absolute atomic E-state index is 5.89. The first-order valence-electron chi connectivity index (χ1n) is 7.81. The zero-order valence-corrected chi connectivity index (χ0v) is 14.1. The minimum absolute atomic E-state index is 0.368. The third kappa shape index (κ3) is 2.78. The molecule has 118 valence electrons. The van der Waals surface area contributed by atoms with E-state index in [4.69, 9.17) is 5.73 Å². The van der Waals surface area contributed by atoms with Gasteiger partial charge in [0.05, 0.1) is 11.4 Å². The Bertz CT molecular complexity index is 862. The molecule has 0 saturated heterocycles. The van der Waals surface area contributed by atoms with Crippen LogP contribution in [-0.4, -0.2) is 15.0 Å². The summed E-state index contributed by atoms with van der Waals surface area (Å²) in [6.45, 7) is 8.81. The molecule has 0 aliphatic heterocycles. The molecule has 0 unspecified atom stereocenters. The van der Waals surface area contributed by atoms with Gasteiger partial charge in [-0.05, 0) is 68.1 Å². The van der Waals surface area contributed by atoms with Gasteiger partial charge in [0.1, 0.15) is 5.69 Å². The molecule has 2 N–H and O–H groups in total. The number of aryl methyl sites for hydroxylation is 4. The minimum atomic E-state index is 0.368. The van der Waals surface area contributed by atoms with E-state index in [0.717, 1.165) is 22.6 Å². The van der Waals surface area contributed by atoms with E-state index in [0.29, 0.717) is 6.54 Å². The van der Waals surface area contributed by atoms with E-state index in [1.54, 1.807) is 0 Å². The Morgan fingerprint density at radius 3 is 2.13 bits per heavy atom. The van der Waals surface area contributed by atoms with Crippen LogP contribution >= 0.6 is 0 Å². The lowest BCUT2D eigenvalue weighted by atomic mass is 10.0. The summed E-state index contributed by atoms with van der Waals surface area (Å²) in [6, 6.07) is 12.7. The number of nitrogens with two attached hydrogens (primary N) is 1. The van der Waals surface area contributed by atoms with Crippen molar-refractivity contribution in [3.8, 4) is 16.9 Å². The highest BCUT2D eigenvalue weighted by Crippen LogP contribution is 2.27. The fourth-order valence-corrected chi connectivity index (χ4v) is 2.67. The number of rotatable bonds is 3. The van der Waals surface area contributed by atoms with Crippen LogP contribution in [0.25, 0.3) is 16.9 Å². The molecule has 0 amide bonds. The second kappa shape index (κ2) is 5.97. The van der Waals surface area contributed by atoms with E-state index >= 15 is 0 Å². The number of benzene rings is 2. The van der Waals surface area contributed by atoms with Crippen LogP contribution in [-0.2, 0) is 6.54 Å². The maximum Gasteiger partial charge on any atom is 0.105 e. The highest BCUT2D eigenvalue weighted by atomic mass is 15.4. The average Bonchev–Trinajstić information content (AvgIpc) is 2.96. The second-order valence-electron chi connectivity index (χ2n) is 6.07. The Kier molecular flexibility index (Phi) is 4.01. The molecule has 3 rings (SSSR count). The quantitative estimate of drug-likeness (QED) is 0.804. The normalized spacial score (nSPS) is 11.0. The summed E-state index contributed by atoms with van der Waals surface area (Å²) in [6.07, 6.45) is 0. The fraction of sp³-hybridized carbons (Fsp3) is 0.263. The van der Waals surface area contributed by atoms with Crippen LogP contribution in [0.1, 0.15) is 27.9 Å². The van der Waals surface area contributed by atoms with E-state index in [-0.39, 0.29) is 0 Å². The molecule has 0 aliphatic rings. The number of aromatic nitrogens is 3. The van der Waals surface area contributed by atoms with Crippen molar-refractivity contribution in [3.05, 3.63) is 64.3 Å². The van der Waals surface area contributed by atoms with Crippen molar-refractivity contribution in [3.63, 3.8) is 0 Å². The zero-order valence-electron chi connectivity index (χ0n) is 14.1. The van der Waals surface area contributed by atoms with Crippen LogP contribution < -0.4 is 5.73 Å². The van der Waals surface area contributed by atoms with Crippen LogP contribution in [0.2, 0.25) is 0 Å². The van der Waals surface area contributed by atoms with Gasteiger partial charge in [-0.1, -0.05) is 23.4 Å². The van der Waals surface area contributed by atoms with Gasteiger partial charge in [-0.15, -0.1) is 5.10 Å². The second-order valence-corrected chi connectivity index (χ2v) is 6.07. The van der Waals surface area contributed by atoms with Crippen LogP contribution in [0.4, 0.5) is 0 Å². The Balaban J connectivity index is 2.21. The Hall–Kier alpha value is -2.46. The SMILES string of the molecule is Cc1ccc(-c2c(CN)nnn2-c2ccc(C)c(C)c2)cc1C. The van der Waals surface area contributed by atoms with Crippen molar-refractivity contribution < 1.29 is 0 Å². The van der Waals surface area contributed by atoms with Gasteiger partial charge < -0.3 is 5.73 Å². The van der Waals surface area contributed by atoms with Crippen molar-refractivity contribution in [2.75, 3.05) is 0 Å². The standard InChI is InChI=1S/C19H22N4/c1-12-5-7-16(9-14(12)3)19-18(11-20)21-22-23(19)17-8-6-13(2)15(4)10-17/h5-10H,11,20H2,1-4H3. The van der Waals surface area contributed by atoms with Crippen molar-refractivity contribution in [2.24, 2.45) is 5.73 Å². The Morgan fingerprint density at radius 1 is 0.870 bits per heavy atom. The van der Waals surface area contributed by atoms with Gasteiger partial charge in [-0.2, -0.15) is 0 Å². The molecule has 4 heteroatoms. The van der Waals surface area contributed by atoms with Gasteiger partial charge in [0, 0.05) is 12.1 Å². The lowest BCUT2D eigenvalue weighted by Crippen LogP contribution is -2.03. The van der Waals surface area contributed by atoms with Crippen molar-refractivity contribution >= 4 is 0 Å². The van der Waals surface area contributed by atoms with Gasteiger partial charge in [-0.25, -0.2) is 4.68 Å². The average molecular weight is 306 g/mol. The molecule has 0 bridgehead atoms. The fourth-order valence-electron chi connectivity index (χ4n) is 2.67. The van der Waals surface area contributed by atoms with E-state index in [9.17, 15) is 0 Å². The molecule has 0 spiro atoms. The van der Waals surface area contributed by atoms with E-state index in [2.05, 4.69) is 74.4 Å². The first-order chi connectivity index (χ1) is 11.0. The van der Waals surface area contributed by atoms with E-state index in [1.807, 2.05) is 4.68 Å². The lowest BCUT2D eigenvalue weighted by molar-refractivity contribution is 0.799. The summed E-state index contributed by atoms with van der Waals surface area (Å²) in [5.74, 6) is 0. The molecule has 2 aromatic carbocycles. The number of hydrogen-bond acceptors (Lipinski definition) is 3. The zero-order chi connectivity index (χ0) is 16.6. The van der Waals surface area contributed by atoms with Gasteiger partial charge in [0.25, 0.3) is 0 Å². The molecule has 0 saturated carbocycles. The molecular weight excluding hydrogens is 284 g/mol. The first-order valence-corrected chi connectivity index (χ1v) is 7.81. The van der Waals surface area contributed by atoms with E-state index < -0.39 is 0 Å². The Morgan fingerprint density at radius 2 is 1.52 bits per heavy atom. The van der Waals surface area contributed by atoms with Crippen molar-refractivity contribution in [1.82, 2.24) is 15.0 Å². The highest BCUT2D eigenvalue weighted by molar-refractivity contribution is 5.66.